The second-order valence-corrected chi connectivity index (χ2v) is 5.15. The fraction of sp³-hybridized carbons (Fsp3) is 0.467. The van der Waals surface area contributed by atoms with Crippen LogP contribution in [-0.4, -0.2) is 20.9 Å². The van der Waals surface area contributed by atoms with Crippen molar-refractivity contribution in [1.82, 2.24) is 14.8 Å². The summed E-state index contributed by atoms with van der Waals surface area (Å²) >= 11 is 0. The van der Waals surface area contributed by atoms with E-state index in [-0.39, 0.29) is 6.10 Å². The molecule has 0 saturated carbocycles. The highest BCUT2D eigenvalue weighted by atomic mass is 16.5. The van der Waals surface area contributed by atoms with E-state index in [4.69, 9.17) is 10.5 Å². The molecule has 2 aromatic heterocycles. The van der Waals surface area contributed by atoms with Crippen LogP contribution >= 0.6 is 0 Å². The van der Waals surface area contributed by atoms with Crippen molar-refractivity contribution in [3.63, 3.8) is 0 Å². The van der Waals surface area contributed by atoms with Gasteiger partial charge in [-0.15, -0.1) is 0 Å². The third-order valence-corrected chi connectivity index (χ3v) is 3.12. The summed E-state index contributed by atoms with van der Waals surface area (Å²) < 4.78 is 7.59. The van der Waals surface area contributed by atoms with Gasteiger partial charge in [-0.1, -0.05) is 6.07 Å². The Bertz CT molecular complexity index is 606. The normalized spacial score (nSPS) is 10.9. The Kier molecular flexibility index (Phi) is 4.67. The third-order valence-electron chi connectivity index (χ3n) is 3.12. The molecular weight excluding hydrogens is 266 g/mol. The van der Waals surface area contributed by atoms with Gasteiger partial charge in [0, 0.05) is 24.8 Å². The number of aromatic nitrogens is 3. The molecule has 0 saturated heterocycles. The summed E-state index contributed by atoms with van der Waals surface area (Å²) in [5.41, 5.74) is 8.59. The molecule has 2 heterocycles. The number of rotatable bonds is 6. The van der Waals surface area contributed by atoms with Crippen LogP contribution in [0.1, 0.15) is 32.0 Å². The summed E-state index contributed by atoms with van der Waals surface area (Å²) in [6.45, 7) is 9.27. The molecule has 0 aromatic carbocycles. The van der Waals surface area contributed by atoms with E-state index >= 15 is 0 Å². The molecule has 3 N–H and O–H groups in total. The largest absolute Gasteiger partial charge is 0.475 e. The molecule has 0 aliphatic rings. The summed E-state index contributed by atoms with van der Waals surface area (Å²) in [5.74, 6) is 1.49. The maximum atomic E-state index is 6.07. The number of ether oxygens (including phenoxy) is 1. The first kappa shape index (κ1) is 15.2. The number of hydrogen-bond acceptors (Lipinski definition) is 5. The molecule has 0 aliphatic carbocycles. The molecule has 6 heteroatoms. The molecule has 0 fully saturated rings. The van der Waals surface area contributed by atoms with Gasteiger partial charge in [-0.05, 0) is 33.8 Å². The van der Waals surface area contributed by atoms with Gasteiger partial charge < -0.3 is 15.8 Å². The lowest BCUT2D eigenvalue weighted by atomic mass is 10.2. The van der Waals surface area contributed by atoms with Crippen molar-refractivity contribution in [1.29, 1.82) is 0 Å². The first-order chi connectivity index (χ1) is 10.0. The molecule has 0 atom stereocenters. The first-order valence-electron chi connectivity index (χ1n) is 7.20. The number of pyridine rings is 1. The Morgan fingerprint density at radius 1 is 1.43 bits per heavy atom. The zero-order valence-electron chi connectivity index (χ0n) is 13.1. The molecule has 21 heavy (non-hydrogen) atoms. The lowest BCUT2D eigenvalue weighted by Gasteiger charge is -2.14. The molecule has 114 valence electrons. The Morgan fingerprint density at radius 2 is 2.19 bits per heavy atom. The fourth-order valence-corrected chi connectivity index (χ4v) is 2.08. The molecular formula is C15H23N5O. The molecule has 6 nitrogen and oxygen atoms in total. The predicted octanol–water partition coefficient (Wildman–Crippen LogP) is 2.59. The second-order valence-electron chi connectivity index (χ2n) is 5.15. The van der Waals surface area contributed by atoms with E-state index in [1.807, 2.05) is 44.5 Å². The predicted molar refractivity (Wildman–Crippen MR) is 84.4 cm³/mol. The monoisotopic (exact) mass is 289 g/mol. The average molecular weight is 289 g/mol. The number of nitrogens with one attached hydrogen (secondary N) is 1. The minimum Gasteiger partial charge on any atom is -0.475 e. The van der Waals surface area contributed by atoms with Crippen molar-refractivity contribution >= 4 is 11.5 Å². The number of hydrogen-bond donors (Lipinski definition) is 2. The summed E-state index contributed by atoms with van der Waals surface area (Å²) in [4.78, 5) is 4.29. The highest BCUT2D eigenvalue weighted by Crippen LogP contribution is 2.24. The van der Waals surface area contributed by atoms with E-state index in [2.05, 4.69) is 15.4 Å². The van der Waals surface area contributed by atoms with Gasteiger partial charge in [0.1, 0.15) is 5.82 Å². The van der Waals surface area contributed by atoms with E-state index in [0.29, 0.717) is 18.1 Å². The zero-order valence-corrected chi connectivity index (χ0v) is 13.1. The molecule has 2 rings (SSSR count). The first-order valence-corrected chi connectivity index (χ1v) is 7.20. The Labute approximate surface area is 125 Å². The maximum Gasteiger partial charge on any atom is 0.218 e. The Hall–Kier alpha value is -2.24. The van der Waals surface area contributed by atoms with E-state index in [9.17, 15) is 0 Å². The Morgan fingerprint density at radius 3 is 2.86 bits per heavy atom. The van der Waals surface area contributed by atoms with Crippen LogP contribution in [0.2, 0.25) is 0 Å². The van der Waals surface area contributed by atoms with E-state index in [1.54, 1.807) is 6.20 Å². The van der Waals surface area contributed by atoms with Gasteiger partial charge in [0.2, 0.25) is 5.88 Å². The summed E-state index contributed by atoms with van der Waals surface area (Å²) in [5, 5.41) is 7.73. The van der Waals surface area contributed by atoms with Crippen molar-refractivity contribution in [3.8, 4) is 5.88 Å². The van der Waals surface area contributed by atoms with E-state index in [0.717, 1.165) is 23.6 Å². The van der Waals surface area contributed by atoms with Gasteiger partial charge in [-0.3, -0.25) is 0 Å². The third kappa shape index (κ3) is 3.45. The van der Waals surface area contributed by atoms with Crippen LogP contribution in [-0.2, 0) is 13.1 Å². The fourth-order valence-electron chi connectivity index (χ4n) is 2.08. The number of nitrogens with zero attached hydrogens (tertiary/aromatic N) is 3. The minimum atomic E-state index is 0.0899. The molecule has 0 radical (unpaired) electrons. The molecule has 2 aromatic rings. The summed E-state index contributed by atoms with van der Waals surface area (Å²) in [6.07, 6.45) is 1.82. The minimum absolute atomic E-state index is 0.0899. The number of nitrogen functional groups attached to an aromatic ring is 1. The van der Waals surface area contributed by atoms with Gasteiger partial charge in [-0.2, -0.15) is 5.10 Å². The van der Waals surface area contributed by atoms with Crippen LogP contribution in [0.5, 0.6) is 5.88 Å². The van der Waals surface area contributed by atoms with Crippen molar-refractivity contribution < 1.29 is 4.74 Å². The average Bonchev–Trinajstić information content (AvgIpc) is 2.73. The topological polar surface area (TPSA) is 78.0 Å². The highest BCUT2D eigenvalue weighted by molar-refractivity contribution is 5.64. The van der Waals surface area contributed by atoms with Crippen LogP contribution in [0, 0.1) is 6.92 Å². The van der Waals surface area contributed by atoms with Crippen LogP contribution in [0.3, 0.4) is 0 Å². The smallest absolute Gasteiger partial charge is 0.218 e. The molecule has 0 bridgehead atoms. The van der Waals surface area contributed by atoms with Crippen molar-refractivity contribution in [3.05, 3.63) is 29.6 Å². The van der Waals surface area contributed by atoms with Crippen LogP contribution in [0.4, 0.5) is 11.5 Å². The highest BCUT2D eigenvalue weighted by Gasteiger charge is 2.12. The number of nitrogens with two attached hydrogens (primary N) is 1. The van der Waals surface area contributed by atoms with Crippen molar-refractivity contribution in [2.24, 2.45) is 0 Å². The maximum absolute atomic E-state index is 6.07. The Balaban J connectivity index is 2.17. The second kappa shape index (κ2) is 6.47. The van der Waals surface area contributed by atoms with Gasteiger partial charge in [0.25, 0.3) is 0 Å². The van der Waals surface area contributed by atoms with Crippen LogP contribution < -0.4 is 15.8 Å². The van der Waals surface area contributed by atoms with Gasteiger partial charge in [-0.25, -0.2) is 9.67 Å². The van der Waals surface area contributed by atoms with E-state index in [1.165, 1.54) is 0 Å². The van der Waals surface area contributed by atoms with E-state index < -0.39 is 0 Å². The quantitative estimate of drug-likeness (QED) is 0.854. The van der Waals surface area contributed by atoms with Gasteiger partial charge in [0.05, 0.1) is 17.5 Å². The van der Waals surface area contributed by atoms with Crippen LogP contribution in [0.25, 0.3) is 0 Å². The lowest BCUT2D eigenvalue weighted by Crippen LogP contribution is -2.12. The summed E-state index contributed by atoms with van der Waals surface area (Å²) in [7, 11) is 0. The summed E-state index contributed by atoms with van der Waals surface area (Å²) in [6, 6.07) is 3.89. The molecule has 0 unspecified atom stereocenters. The molecule has 0 aliphatic heterocycles. The van der Waals surface area contributed by atoms with Gasteiger partial charge in [0.15, 0.2) is 0 Å². The standard InChI is InChI=1S/C15H23N5O/c1-5-20-14(13(16)11(4)19-20)18-9-12-7-6-8-17-15(12)21-10(2)3/h6-8,10,18H,5,9,16H2,1-4H3. The molecule has 0 spiro atoms. The number of aryl methyl sites for hydroxylation is 2. The van der Waals surface area contributed by atoms with Crippen LogP contribution in [0.15, 0.2) is 18.3 Å². The SMILES string of the molecule is CCn1nc(C)c(N)c1NCc1cccnc1OC(C)C. The molecule has 0 amide bonds. The zero-order chi connectivity index (χ0) is 15.4. The van der Waals surface area contributed by atoms with Crippen molar-refractivity contribution in [2.45, 2.75) is 46.9 Å². The number of anilines is 2. The van der Waals surface area contributed by atoms with Crippen molar-refractivity contribution in [2.75, 3.05) is 11.1 Å². The lowest BCUT2D eigenvalue weighted by molar-refractivity contribution is 0.230. The van der Waals surface area contributed by atoms with Gasteiger partial charge >= 0.3 is 0 Å².